The Balaban J connectivity index is -0.0000000475. The van der Waals surface area contributed by atoms with Crippen LogP contribution in [0.2, 0.25) is 131 Å². The fraction of sp³-hybridized carbons (Fsp3) is 0.842. The third kappa shape index (κ3) is 80.1. The Morgan fingerprint density at radius 2 is 0.619 bits per heavy atom. The first-order chi connectivity index (χ1) is 46.8. The topological polar surface area (TPSA) is 395 Å². The van der Waals surface area contributed by atoms with Crippen molar-refractivity contribution in [2.75, 3.05) is 7.05 Å². The fourth-order valence-electron chi connectivity index (χ4n) is 9.10. The monoisotopic (exact) mass is 2160 g/mol. The van der Waals surface area contributed by atoms with Gasteiger partial charge in [0, 0.05) is 234 Å². The maximum Gasteiger partial charge on any atom is 0.180 e. The summed E-state index contributed by atoms with van der Waals surface area (Å²) in [5.74, 6) is 0. The molecule has 0 saturated carbocycles. The van der Waals surface area contributed by atoms with Crippen molar-refractivity contribution in [2.45, 2.75) is 405 Å². The van der Waals surface area contributed by atoms with Crippen molar-refractivity contribution in [2.24, 2.45) is 19.0 Å². The zero-order valence-corrected chi connectivity index (χ0v) is 93.2. The van der Waals surface area contributed by atoms with Gasteiger partial charge in [-0.3, -0.25) is 4.99 Å². The van der Waals surface area contributed by atoms with Crippen LogP contribution in [-0.2, 0) is 165 Å². The van der Waals surface area contributed by atoms with E-state index in [4.69, 9.17) is 52.4 Å². The first-order valence-electron chi connectivity index (χ1n) is 38.8. The molecule has 0 aliphatic rings. The van der Waals surface area contributed by atoms with Crippen LogP contribution >= 0.6 is 0 Å². The molecule has 7 atom stereocenters. The molecule has 37 heteroatoms. The van der Waals surface area contributed by atoms with Crippen LogP contribution in [-0.4, -0.2) is 233 Å². The van der Waals surface area contributed by atoms with E-state index in [1.54, 1.807) is 53.4 Å². The molecule has 0 aliphatic heterocycles. The second-order valence-electron chi connectivity index (χ2n) is 31.1. The van der Waals surface area contributed by atoms with Crippen molar-refractivity contribution in [3.8, 4) is 0 Å². The minimum absolute atomic E-state index is 0. The van der Waals surface area contributed by atoms with Gasteiger partial charge in [-0.15, -0.1) is 6.58 Å². The second-order valence-corrected chi connectivity index (χ2v) is 67.0. The Morgan fingerprint density at radius 1 is 0.345 bits per heavy atom. The Bertz CT molecular complexity index is 2250. The van der Waals surface area contributed by atoms with Crippen molar-refractivity contribution < 1.29 is 216 Å². The molecule has 0 radical (unpaired) electrons. The van der Waals surface area contributed by atoms with Crippen LogP contribution in [0.3, 0.4) is 0 Å². The first kappa shape index (κ1) is 166. The average Bonchev–Trinajstić information content (AvgIpc) is 0.799. The molecule has 20 nitrogen and oxygen atoms in total. The second kappa shape index (κ2) is 86.6. The van der Waals surface area contributed by atoms with Crippen molar-refractivity contribution in [1.82, 2.24) is 0 Å². The summed E-state index contributed by atoms with van der Waals surface area (Å²) in [4.78, 5) is 3.77. The molecular formula is C76H174N10Ni10O10Si7. The van der Waals surface area contributed by atoms with E-state index in [0.29, 0.717) is 38.5 Å². The number of nitrogens with one attached hydrogen (secondary N) is 6. The van der Waals surface area contributed by atoms with Crippen LogP contribution in [0.25, 0.3) is 0 Å². The van der Waals surface area contributed by atoms with E-state index < -0.39 is 102 Å². The Labute approximate surface area is 802 Å². The van der Waals surface area contributed by atoms with Gasteiger partial charge in [-0.25, -0.2) is 0 Å². The number of hydrogen-bond donors (Lipinski definition) is 16. The molecular weight excluding hydrogens is 2000 g/mol. The van der Waals surface area contributed by atoms with E-state index in [9.17, 15) is 35.7 Å². The van der Waals surface area contributed by atoms with Crippen molar-refractivity contribution in [1.29, 1.82) is 32.5 Å². The normalized spacial score (nSPS) is 14.1. The number of nitrogens with zero attached hydrogens (tertiary/aromatic N) is 4. The van der Waals surface area contributed by atoms with E-state index in [2.05, 4.69) is 163 Å². The van der Waals surface area contributed by atoms with Gasteiger partial charge in [0.25, 0.3) is 0 Å². The Kier molecular flexibility index (Phi) is 127. The number of rotatable bonds is 38. The number of aliphatic imine (C=N–C) groups is 1. The molecule has 113 heavy (non-hydrogen) atoms. The van der Waals surface area contributed by atoms with Crippen LogP contribution in [0.15, 0.2) is 31.6 Å². The molecule has 0 aromatic carbocycles. The summed E-state index contributed by atoms with van der Waals surface area (Å²) in [6.45, 7) is 70.7. The maximum absolute atomic E-state index is 10.5. The zero-order chi connectivity index (χ0) is 84.5. The van der Waals surface area contributed by atoms with E-state index in [-0.39, 0.29) is 176 Å². The van der Waals surface area contributed by atoms with Gasteiger partial charge in [0.05, 0.1) is 82.2 Å². The van der Waals surface area contributed by atoms with Crippen LogP contribution in [0.4, 0.5) is 0 Å². The molecule has 0 aromatic rings. The SMILES string of the molecule is C=CC(O)C=N[Si](CC)(CC)CC.CC(C)(O)C=N.CCC(C)(O)C=N.CCC(C)(O)C=N.CCC(O)(C=N)CC.CCC(O)(C=N)[Si](C)(C)C.CCC(O)(C=N)[Si](CC)(CC)CC.CCC(O)(C=NC)CC.CC[Si](CC)(CC)N=CC(O)[Si](CC)(CC)CC.C[Si](C)(C)N=CC(O)[Si](C)(C)C.[Ni].[Ni].[Ni].[Ni].[Ni].[Ni].[Ni].[Ni].[Ni].[Ni]. The van der Waals surface area contributed by atoms with Crippen LogP contribution in [0, 0.1) is 32.5 Å². The van der Waals surface area contributed by atoms with Crippen molar-refractivity contribution in [3.63, 3.8) is 0 Å². The van der Waals surface area contributed by atoms with Gasteiger partial charge in [-0.1, -0.05) is 220 Å². The van der Waals surface area contributed by atoms with Gasteiger partial charge in [-0.05, 0) is 135 Å². The molecule has 0 fully saturated rings. The quantitative estimate of drug-likeness (QED) is 0.0157. The standard InChI is InChI=1S/C14H33NOSi2.C10H21NOSi.C10H23NOSi.C8H21NOSi2.C7H17NOSi.C7H15NO.C6H13NO.2C5H11NO.C4H9NO.10Ni/c1-7-17(8-2,9-3)14(16)13-15-18(10-4,11-5)12-6;1-5-10(12)9-11-13(6-2,7-3)8-4;1-5-10(12,9-11)13(6-2,7-3)8-4;1-11(2,3)8(10)7-9-12(4,5)6;1-5-7(9,6-8)10(2,3)4;1-4-7(9,5-2)6-8-3;1-3-6(8,4-2)5-7;2*1-3-5(2,7)4-6;1-4(2,6)3-5;;;;;;;;;;/h13-14,16H,7-12H2,1-6H3;5,9-10,12H,1,6-8H2,2-4H3;9,11-12H,5-8H2,1-4H3;7-8,10H,1-6H3;6,8-9H,5H2,1-4H3;6,9H,4-5H2,1-3H3;5,7-8H,3-4H2,1-2H3;2*4,6-7H,3H2,1-2H3;3,5-6H,1-2H3;;;;;;;;;;. The summed E-state index contributed by atoms with van der Waals surface area (Å²) in [6.07, 6.45) is 19.9. The number of hydrogen-bond acceptors (Lipinski definition) is 20. The maximum atomic E-state index is 10.5. The third-order valence-electron chi connectivity index (χ3n) is 20.7. The molecule has 7 unspecified atom stereocenters. The van der Waals surface area contributed by atoms with Gasteiger partial charge in [-0.2, -0.15) is 0 Å². The molecule has 0 aliphatic carbocycles. The molecule has 716 valence electrons. The molecule has 0 spiro atoms. The summed E-state index contributed by atoms with van der Waals surface area (Å²) >= 11 is 0. The van der Waals surface area contributed by atoms with Crippen LogP contribution < -0.4 is 0 Å². The Hall–Kier alpha value is 2.49. The number of aliphatic hydroxyl groups is 10. The molecule has 0 heterocycles. The van der Waals surface area contributed by atoms with Crippen LogP contribution in [0.5, 0.6) is 0 Å². The molecule has 0 aromatic heterocycles. The van der Waals surface area contributed by atoms with Gasteiger partial charge in [0.15, 0.2) is 24.7 Å². The van der Waals surface area contributed by atoms with Crippen LogP contribution in [0.1, 0.15) is 218 Å². The summed E-state index contributed by atoms with van der Waals surface area (Å²) in [7, 11) is -8.81. The van der Waals surface area contributed by atoms with Crippen molar-refractivity contribution in [3.05, 3.63) is 12.7 Å². The van der Waals surface area contributed by atoms with Gasteiger partial charge < -0.3 is 97.5 Å². The minimum atomic E-state index is -1.66. The summed E-state index contributed by atoms with van der Waals surface area (Å²) in [5, 5.41) is 134. The molecule has 0 saturated heterocycles. The average molecular weight is 2170 g/mol. The Morgan fingerprint density at radius 3 is 0.735 bits per heavy atom. The molecule has 0 bridgehead atoms. The van der Waals surface area contributed by atoms with Gasteiger partial charge in [0.2, 0.25) is 0 Å². The minimum Gasteiger partial charge on any atom is -0.391 e. The zero-order valence-electron chi connectivity index (χ0n) is 76.4. The molecule has 16 N–H and O–H groups in total. The predicted molar refractivity (Wildman–Crippen MR) is 479 cm³/mol. The predicted octanol–water partition coefficient (Wildman–Crippen LogP) is 18.1. The summed E-state index contributed by atoms with van der Waals surface area (Å²) in [6, 6.07) is 13.7. The summed E-state index contributed by atoms with van der Waals surface area (Å²) < 4.78 is 13.9. The molecule has 0 rings (SSSR count). The largest absolute Gasteiger partial charge is 0.391 e. The number of aliphatic hydroxyl groups excluding tert-OH is 3. The summed E-state index contributed by atoms with van der Waals surface area (Å²) in [5.41, 5.74) is -4.69. The fourth-order valence-corrected chi connectivity index (χ4v) is 24.6. The van der Waals surface area contributed by atoms with Crippen molar-refractivity contribution >= 4 is 119 Å². The van der Waals surface area contributed by atoms with E-state index in [1.807, 2.05) is 61.6 Å². The first-order valence-corrected chi connectivity index (χ1v) is 59.8. The van der Waals surface area contributed by atoms with Gasteiger partial charge >= 0.3 is 0 Å². The van der Waals surface area contributed by atoms with E-state index in [1.165, 1.54) is 36.6 Å². The third-order valence-corrected chi connectivity index (χ3v) is 48.0. The smallest absolute Gasteiger partial charge is 0.180 e. The van der Waals surface area contributed by atoms with Gasteiger partial charge in [0.1, 0.15) is 6.10 Å². The molecule has 0 amide bonds. The van der Waals surface area contributed by atoms with E-state index >= 15 is 0 Å². The van der Waals surface area contributed by atoms with E-state index in [0.717, 1.165) is 92.1 Å².